The first-order valence-corrected chi connectivity index (χ1v) is 14.7. The van der Waals surface area contributed by atoms with Crippen LogP contribution in [0.25, 0.3) is 17.4 Å². The second-order valence-electron chi connectivity index (χ2n) is 10.1. The number of rotatable bonds is 8. The van der Waals surface area contributed by atoms with Crippen molar-refractivity contribution in [2.75, 3.05) is 13.2 Å². The van der Waals surface area contributed by atoms with Crippen LogP contribution in [0, 0.1) is 0 Å². The van der Waals surface area contributed by atoms with Gasteiger partial charge in [-0.25, -0.2) is 14.6 Å². The number of hydrogen-bond donors (Lipinski definition) is 0. The first kappa shape index (κ1) is 29.0. The summed E-state index contributed by atoms with van der Waals surface area (Å²) in [5.74, 6) is 0.555. The molecule has 1 atom stereocenters. The molecule has 2 aromatic carbocycles. The molecule has 0 fully saturated rings. The number of ether oxygens (including phenoxy) is 2. The van der Waals surface area contributed by atoms with Gasteiger partial charge in [-0.1, -0.05) is 61.6 Å². The third-order valence-electron chi connectivity index (χ3n) is 7.02. The minimum Gasteiger partial charge on any atom is -0.463 e. The van der Waals surface area contributed by atoms with Gasteiger partial charge in [-0.3, -0.25) is 9.36 Å². The zero-order valence-electron chi connectivity index (χ0n) is 24.2. The normalized spacial score (nSPS) is 15.0. The Bertz CT molecular complexity index is 1840. The van der Waals surface area contributed by atoms with Crippen molar-refractivity contribution in [1.29, 1.82) is 0 Å². The van der Waals surface area contributed by atoms with Crippen LogP contribution in [0.15, 0.2) is 86.1 Å². The maximum atomic E-state index is 13.9. The molecule has 8 nitrogen and oxygen atoms in total. The molecule has 216 valence electrons. The van der Waals surface area contributed by atoms with Gasteiger partial charge in [0.25, 0.3) is 5.56 Å². The monoisotopic (exact) mass is 584 g/mol. The lowest BCUT2D eigenvalue weighted by molar-refractivity contribution is -0.139. The number of thiazole rings is 1. The lowest BCUT2D eigenvalue weighted by Gasteiger charge is -2.25. The van der Waals surface area contributed by atoms with Gasteiger partial charge < -0.3 is 13.9 Å². The summed E-state index contributed by atoms with van der Waals surface area (Å²) in [6, 6.07) is 17.8. The summed E-state index contributed by atoms with van der Waals surface area (Å²) in [5, 5.41) is 0. The molecular weight excluding hydrogens is 552 g/mol. The Balaban J connectivity index is 1.55. The van der Waals surface area contributed by atoms with Gasteiger partial charge in [-0.15, -0.1) is 0 Å². The number of carbonyl (C=O) groups excluding carboxylic acids is 2. The quantitative estimate of drug-likeness (QED) is 0.259. The van der Waals surface area contributed by atoms with E-state index in [1.165, 1.54) is 11.3 Å². The Labute approximate surface area is 247 Å². The van der Waals surface area contributed by atoms with E-state index in [2.05, 4.69) is 18.8 Å². The molecule has 0 amide bonds. The molecule has 1 unspecified atom stereocenters. The largest absolute Gasteiger partial charge is 0.463 e. The van der Waals surface area contributed by atoms with Crippen LogP contribution in [0.2, 0.25) is 0 Å². The van der Waals surface area contributed by atoms with Crippen LogP contribution in [-0.2, 0) is 14.3 Å². The number of carbonyl (C=O) groups is 2. The van der Waals surface area contributed by atoms with E-state index in [4.69, 9.17) is 13.9 Å². The minimum atomic E-state index is -0.672. The van der Waals surface area contributed by atoms with Crippen molar-refractivity contribution < 1.29 is 23.5 Å². The number of allylic oxidation sites excluding steroid dienone is 1. The summed E-state index contributed by atoms with van der Waals surface area (Å²) in [4.78, 5) is 44.1. The molecule has 0 radical (unpaired) electrons. The molecule has 0 saturated heterocycles. The van der Waals surface area contributed by atoms with Crippen molar-refractivity contribution in [1.82, 2.24) is 4.57 Å². The first-order chi connectivity index (χ1) is 20.2. The average Bonchev–Trinajstić information content (AvgIpc) is 3.57. The van der Waals surface area contributed by atoms with Gasteiger partial charge in [-0.2, -0.15) is 0 Å². The molecule has 1 aliphatic rings. The van der Waals surface area contributed by atoms with E-state index in [0.29, 0.717) is 50.2 Å². The van der Waals surface area contributed by atoms with Crippen molar-refractivity contribution in [3.05, 3.63) is 114 Å². The van der Waals surface area contributed by atoms with Crippen LogP contribution in [0.5, 0.6) is 0 Å². The van der Waals surface area contributed by atoms with Crippen molar-refractivity contribution in [2.24, 2.45) is 4.99 Å². The van der Waals surface area contributed by atoms with Gasteiger partial charge in [0.1, 0.15) is 11.5 Å². The van der Waals surface area contributed by atoms with Gasteiger partial charge in [-0.05, 0) is 62.1 Å². The number of nitrogens with zero attached hydrogens (tertiary/aromatic N) is 2. The fourth-order valence-corrected chi connectivity index (χ4v) is 5.90. The number of aromatic nitrogens is 1. The minimum absolute atomic E-state index is 0.214. The summed E-state index contributed by atoms with van der Waals surface area (Å²) in [6.07, 6.45) is 1.68. The van der Waals surface area contributed by atoms with Crippen molar-refractivity contribution >= 4 is 29.4 Å². The molecular formula is C33H32N2O6S. The lowest BCUT2D eigenvalue weighted by Crippen LogP contribution is -2.39. The highest BCUT2D eigenvalue weighted by Gasteiger charge is 2.33. The van der Waals surface area contributed by atoms with Gasteiger partial charge in [0.15, 0.2) is 4.80 Å². The van der Waals surface area contributed by atoms with Crippen LogP contribution >= 0.6 is 11.3 Å². The van der Waals surface area contributed by atoms with E-state index < -0.39 is 12.0 Å². The topological polar surface area (TPSA) is 100 Å². The zero-order chi connectivity index (χ0) is 30.0. The summed E-state index contributed by atoms with van der Waals surface area (Å²) >= 11 is 1.24. The number of fused-ring (bicyclic) bond motifs is 1. The van der Waals surface area contributed by atoms with Crippen molar-refractivity contribution in [2.45, 2.75) is 46.6 Å². The number of furan rings is 1. The number of benzene rings is 2. The number of hydrogen-bond acceptors (Lipinski definition) is 8. The molecule has 0 saturated carbocycles. The van der Waals surface area contributed by atoms with E-state index in [-0.39, 0.29) is 18.1 Å². The second kappa shape index (κ2) is 12.2. The number of esters is 2. The zero-order valence-corrected chi connectivity index (χ0v) is 25.0. The molecule has 5 rings (SSSR count). The molecule has 9 heteroatoms. The van der Waals surface area contributed by atoms with Crippen molar-refractivity contribution in [3.8, 4) is 11.3 Å². The van der Waals surface area contributed by atoms with Crippen LogP contribution in [-0.4, -0.2) is 29.7 Å². The predicted molar refractivity (Wildman–Crippen MR) is 161 cm³/mol. The van der Waals surface area contributed by atoms with Crippen LogP contribution in [0.4, 0.5) is 0 Å². The van der Waals surface area contributed by atoms with Crippen LogP contribution in [0.3, 0.4) is 0 Å². The molecule has 0 aliphatic carbocycles. The van der Waals surface area contributed by atoms with Crippen LogP contribution < -0.4 is 14.9 Å². The lowest BCUT2D eigenvalue weighted by atomic mass is 9.93. The highest BCUT2D eigenvalue weighted by Crippen LogP contribution is 2.31. The summed E-state index contributed by atoms with van der Waals surface area (Å²) < 4.78 is 18.5. The molecule has 2 aromatic heterocycles. The molecule has 3 heterocycles. The molecule has 1 aliphatic heterocycles. The maximum Gasteiger partial charge on any atom is 0.338 e. The predicted octanol–water partition coefficient (Wildman–Crippen LogP) is 5.36. The van der Waals surface area contributed by atoms with E-state index in [1.807, 2.05) is 30.3 Å². The molecule has 0 spiro atoms. The Morgan fingerprint density at radius 1 is 0.976 bits per heavy atom. The van der Waals surface area contributed by atoms with E-state index in [9.17, 15) is 14.4 Å². The molecule has 0 N–H and O–H groups in total. The molecule has 42 heavy (non-hydrogen) atoms. The molecule has 0 bridgehead atoms. The van der Waals surface area contributed by atoms with E-state index >= 15 is 0 Å². The Morgan fingerprint density at radius 3 is 2.29 bits per heavy atom. The fourth-order valence-electron chi connectivity index (χ4n) is 4.87. The van der Waals surface area contributed by atoms with Gasteiger partial charge in [0.2, 0.25) is 0 Å². The maximum absolute atomic E-state index is 13.9. The fraction of sp³-hybridized carbons (Fsp3) is 0.273. The van der Waals surface area contributed by atoms with Crippen LogP contribution in [0.1, 0.15) is 73.8 Å². The Kier molecular flexibility index (Phi) is 8.40. The van der Waals surface area contributed by atoms with E-state index in [0.717, 1.165) is 16.7 Å². The van der Waals surface area contributed by atoms with Gasteiger partial charge in [0.05, 0.1) is 40.6 Å². The van der Waals surface area contributed by atoms with Gasteiger partial charge in [0, 0.05) is 11.6 Å². The standard InChI is InChI=1S/C33H32N2O6S/c1-6-39-31(37)24-14-10-22(11-15-24)26-17-16-25(41-26)18-27-30(36)35-29(23-12-8-21(9-13-23)19(3)4)28(32(38)40-7-2)20(5)34-33(35)42-27/h8-19,29H,6-7H2,1-5H3. The van der Waals surface area contributed by atoms with Gasteiger partial charge >= 0.3 is 11.9 Å². The Morgan fingerprint density at radius 2 is 1.64 bits per heavy atom. The highest BCUT2D eigenvalue weighted by atomic mass is 32.1. The highest BCUT2D eigenvalue weighted by molar-refractivity contribution is 7.07. The second-order valence-corrected chi connectivity index (χ2v) is 11.1. The Hall–Kier alpha value is -4.50. The summed E-state index contributed by atoms with van der Waals surface area (Å²) in [6.45, 7) is 10.0. The third kappa shape index (κ3) is 5.65. The third-order valence-corrected chi connectivity index (χ3v) is 8.00. The van der Waals surface area contributed by atoms with Crippen molar-refractivity contribution in [3.63, 3.8) is 0 Å². The SMILES string of the molecule is CCOC(=O)C1=C(C)N=c2sc(=Cc3ccc(-c4ccc(C(=O)OCC)cc4)o3)c(=O)n2C1c1ccc(C(C)C)cc1. The van der Waals surface area contributed by atoms with E-state index in [1.54, 1.807) is 61.7 Å². The first-order valence-electron chi connectivity index (χ1n) is 13.9. The summed E-state index contributed by atoms with van der Waals surface area (Å²) in [5.41, 5.74) is 3.79. The smallest absolute Gasteiger partial charge is 0.338 e. The molecule has 4 aromatic rings. The average molecular weight is 585 g/mol. The summed E-state index contributed by atoms with van der Waals surface area (Å²) in [7, 11) is 0.